The third-order valence-corrected chi connectivity index (χ3v) is 6.65. The molecule has 1 aromatic rings. The highest BCUT2D eigenvalue weighted by molar-refractivity contribution is 8.00. The van der Waals surface area contributed by atoms with Crippen molar-refractivity contribution >= 4 is 11.8 Å². The van der Waals surface area contributed by atoms with E-state index in [1.807, 2.05) is 39.5 Å². The Morgan fingerprint density at radius 1 is 0.818 bits per heavy atom. The topological polar surface area (TPSA) is 3.24 Å². The first-order chi connectivity index (χ1) is 10.1. The molecular formula is C20H37NS. The van der Waals surface area contributed by atoms with Crippen LogP contribution in [-0.2, 0) is 5.54 Å². The van der Waals surface area contributed by atoms with Crippen molar-refractivity contribution in [3.63, 3.8) is 0 Å². The Morgan fingerprint density at radius 2 is 1.27 bits per heavy atom. The molecule has 0 atom stereocenters. The van der Waals surface area contributed by atoms with Crippen LogP contribution >= 0.6 is 11.8 Å². The summed E-state index contributed by atoms with van der Waals surface area (Å²) in [4.78, 5) is 3.95. The molecule has 0 amide bonds. The van der Waals surface area contributed by atoms with Crippen LogP contribution < -0.4 is 0 Å². The summed E-state index contributed by atoms with van der Waals surface area (Å²) in [6.45, 7) is 22.1. The quantitative estimate of drug-likeness (QED) is 0.531. The van der Waals surface area contributed by atoms with E-state index in [9.17, 15) is 0 Å². The third kappa shape index (κ3) is 3.71. The zero-order valence-electron chi connectivity index (χ0n) is 16.7. The van der Waals surface area contributed by atoms with Crippen LogP contribution in [0.4, 0.5) is 0 Å². The minimum Gasteiger partial charge on any atom is -0.291 e. The van der Waals surface area contributed by atoms with Gasteiger partial charge in [0.2, 0.25) is 0 Å². The highest BCUT2D eigenvalue weighted by atomic mass is 32.2. The number of hydrogen-bond acceptors (Lipinski definition) is 2. The maximum atomic E-state index is 2.53. The Labute approximate surface area is 143 Å². The highest BCUT2D eigenvalue weighted by Gasteiger charge is 2.49. The number of thioether (sulfide) groups is 1. The maximum Gasteiger partial charge on any atom is 0.0418 e. The molecule has 22 heavy (non-hydrogen) atoms. The number of nitrogens with zero attached hydrogens (tertiary/aromatic N) is 1. The Balaban J connectivity index is 0.00000102. The van der Waals surface area contributed by atoms with Crippen LogP contribution in [-0.4, -0.2) is 22.2 Å². The van der Waals surface area contributed by atoms with Gasteiger partial charge in [0.05, 0.1) is 0 Å². The van der Waals surface area contributed by atoms with E-state index in [4.69, 9.17) is 0 Å². The zero-order valence-corrected chi connectivity index (χ0v) is 17.5. The van der Waals surface area contributed by atoms with Crippen LogP contribution in [0.25, 0.3) is 0 Å². The van der Waals surface area contributed by atoms with E-state index in [1.165, 1.54) is 10.5 Å². The normalized spacial score (nSPS) is 21.2. The third-order valence-electron chi connectivity index (χ3n) is 5.06. The zero-order chi connectivity index (χ0) is 17.8. The van der Waals surface area contributed by atoms with Gasteiger partial charge >= 0.3 is 0 Å². The number of fused-ring (bicyclic) bond motifs is 1. The van der Waals surface area contributed by atoms with Crippen molar-refractivity contribution in [3.8, 4) is 0 Å². The van der Waals surface area contributed by atoms with E-state index in [-0.39, 0.29) is 15.8 Å². The maximum absolute atomic E-state index is 2.53. The van der Waals surface area contributed by atoms with Gasteiger partial charge in [0.25, 0.3) is 0 Å². The van der Waals surface area contributed by atoms with Crippen LogP contribution in [0.15, 0.2) is 29.2 Å². The monoisotopic (exact) mass is 323 g/mol. The van der Waals surface area contributed by atoms with Crippen molar-refractivity contribution in [2.45, 2.75) is 90.0 Å². The largest absolute Gasteiger partial charge is 0.291 e. The standard InChI is InChI=1S/C16H25NS.2C2H6/c1-14(2)12-10-8-9-11-13(12)18-16(5,6)15(3,4)17(14)7;2*1-2/h8-11H,1-7H3;2*1-2H3. The average molecular weight is 324 g/mol. The van der Waals surface area contributed by atoms with Crippen LogP contribution in [0.2, 0.25) is 0 Å². The van der Waals surface area contributed by atoms with Gasteiger partial charge in [-0.1, -0.05) is 45.9 Å². The smallest absolute Gasteiger partial charge is 0.0418 e. The molecule has 128 valence electrons. The molecule has 0 bridgehead atoms. The number of rotatable bonds is 0. The van der Waals surface area contributed by atoms with Gasteiger partial charge in [-0.3, -0.25) is 4.90 Å². The molecule has 2 rings (SSSR count). The van der Waals surface area contributed by atoms with Crippen molar-refractivity contribution in [1.29, 1.82) is 0 Å². The van der Waals surface area contributed by atoms with Crippen LogP contribution in [0.1, 0.15) is 74.8 Å². The lowest BCUT2D eigenvalue weighted by Gasteiger charge is -2.51. The molecule has 0 aliphatic carbocycles. The molecule has 1 aromatic carbocycles. The molecule has 1 aliphatic rings. The summed E-state index contributed by atoms with van der Waals surface area (Å²) in [7, 11) is 2.25. The Hall–Kier alpha value is -0.470. The Morgan fingerprint density at radius 3 is 1.77 bits per heavy atom. The number of hydrogen-bond donors (Lipinski definition) is 0. The summed E-state index contributed by atoms with van der Waals surface area (Å²) >= 11 is 2.01. The van der Waals surface area contributed by atoms with Crippen molar-refractivity contribution in [2.24, 2.45) is 0 Å². The van der Waals surface area contributed by atoms with Gasteiger partial charge in [0.1, 0.15) is 0 Å². The van der Waals surface area contributed by atoms with Gasteiger partial charge in [-0.15, -0.1) is 11.8 Å². The van der Waals surface area contributed by atoms with Crippen molar-refractivity contribution in [1.82, 2.24) is 4.90 Å². The summed E-state index contributed by atoms with van der Waals surface area (Å²) in [5.41, 5.74) is 1.62. The summed E-state index contributed by atoms with van der Waals surface area (Å²) in [5.74, 6) is 0. The molecule has 0 saturated heterocycles. The van der Waals surface area contributed by atoms with Crippen LogP contribution in [0.3, 0.4) is 0 Å². The van der Waals surface area contributed by atoms with Gasteiger partial charge in [0, 0.05) is 20.7 Å². The summed E-state index contributed by atoms with van der Waals surface area (Å²) < 4.78 is 0.172. The fourth-order valence-electron chi connectivity index (χ4n) is 2.74. The van der Waals surface area contributed by atoms with Gasteiger partial charge in [-0.2, -0.15) is 0 Å². The predicted molar refractivity (Wildman–Crippen MR) is 104 cm³/mol. The fraction of sp³-hybridized carbons (Fsp3) is 0.700. The highest BCUT2D eigenvalue weighted by Crippen LogP contribution is 2.52. The van der Waals surface area contributed by atoms with Crippen molar-refractivity contribution in [3.05, 3.63) is 29.8 Å². The lowest BCUT2D eigenvalue weighted by atomic mass is 9.82. The van der Waals surface area contributed by atoms with Crippen LogP contribution in [0, 0.1) is 0 Å². The summed E-state index contributed by atoms with van der Waals surface area (Å²) in [6.07, 6.45) is 0. The molecule has 0 N–H and O–H groups in total. The molecule has 1 nitrogen and oxygen atoms in total. The second-order valence-corrected chi connectivity index (χ2v) is 8.45. The van der Waals surface area contributed by atoms with Crippen molar-refractivity contribution in [2.75, 3.05) is 7.05 Å². The molecule has 1 aliphatic heterocycles. The van der Waals surface area contributed by atoms with E-state index in [0.717, 1.165) is 0 Å². The van der Waals surface area contributed by atoms with Gasteiger partial charge in [-0.25, -0.2) is 0 Å². The van der Waals surface area contributed by atoms with E-state index in [0.29, 0.717) is 0 Å². The summed E-state index contributed by atoms with van der Waals surface area (Å²) in [5, 5.41) is 0. The van der Waals surface area contributed by atoms with E-state index < -0.39 is 0 Å². The molecule has 0 fully saturated rings. The molecule has 0 unspecified atom stereocenters. The first-order valence-electron chi connectivity index (χ1n) is 8.63. The van der Waals surface area contributed by atoms with Crippen molar-refractivity contribution < 1.29 is 0 Å². The second kappa shape index (κ2) is 7.88. The van der Waals surface area contributed by atoms with E-state index in [1.54, 1.807) is 0 Å². The minimum absolute atomic E-state index is 0.0564. The SMILES string of the molecule is CC.CC.CN1C(C)(C)c2ccccc2SC(C)(C)C1(C)C. The first-order valence-corrected chi connectivity index (χ1v) is 9.45. The Bertz CT molecular complexity index is 461. The molecule has 0 aromatic heterocycles. The minimum atomic E-state index is 0.0564. The lowest BCUT2D eigenvalue weighted by Crippen LogP contribution is -2.59. The van der Waals surface area contributed by atoms with E-state index >= 15 is 0 Å². The number of benzene rings is 1. The van der Waals surface area contributed by atoms with Gasteiger partial charge < -0.3 is 0 Å². The van der Waals surface area contributed by atoms with E-state index in [2.05, 4.69) is 77.8 Å². The molecule has 0 radical (unpaired) electrons. The summed E-state index contributed by atoms with van der Waals surface area (Å²) in [6, 6.07) is 8.84. The van der Waals surface area contributed by atoms with Gasteiger partial charge in [-0.05, 0) is 60.2 Å². The molecular weight excluding hydrogens is 286 g/mol. The lowest BCUT2D eigenvalue weighted by molar-refractivity contribution is 0.0247. The predicted octanol–water partition coefficient (Wildman–Crippen LogP) is 6.57. The molecule has 1 heterocycles. The fourth-order valence-corrected chi connectivity index (χ4v) is 4.26. The second-order valence-electron chi connectivity index (χ2n) is 6.79. The van der Waals surface area contributed by atoms with Gasteiger partial charge in [0.15, 0.2) is 0 Å². The van der Waals surface area contributed by atoms with Crippen LogP contribution in [0.5, 0.6) is 0 Å². The molecule has 2 heteroatoms. The average Bonchev–Trinajstić information content (AvgIpc) is 2.53. The Kier molecular flexibility index (Phi) is 7.71. The molecule has 0 spiro atoms. The first kappa shape index (κ1) is 21.5. The molecule has 0 saturated carbocycles.